The number of benzene rings is 7. The summed E-state index contributed by atoms with van der Waals surface area (Å²) in [5.41, 5.74) is 12.1. The monoisotopic (exact) mass is 1020 g/mol. The molecule has 0 saturated heterocycles. The fraction of sp³-hybridized carbons (Fsp3) is 0.179. The van der Waals surface area contributed by atoms with Crippen LogP contribution in [-0.2, 0) is 20.1 Å². The number of nitrogens with zero attached hydrogens (tertiary/aromatic N) is 3. The third-order valence-electron chi connectivity index (χ3n) is 12.0. The molecule has 4 aromatic heterocycles. The maximum atomic E-state index is 7.23. The zero-order valence-corrected chi connectivity index (χ0v) is 39.8. The van der Waals surface area contributed by atoms with Crippen LogP contribution in [0.15, 0.2) is 148 Å². The van der Waals surface area contributed by atoms with Crippen molar-refractivity contribution < 1.29 is 33.1 Å². The van der Waals surface area contributed by atoms with Crippen LogP contribution >= 0.6 is 0 Å². The van der Waals surface area contributed by atoms with E-state index < -0.39 is 14.9 Å². The summed E-state index contributed by atoms with van der Waals surface area (Å²) in [5.74, 6) is 1.50. The maximum Gasteiger partial charge on any atom is 0.143 e. The Bertz CT molecular complexity index is 3550. The van der Waals surface area contributed by atoms with Crippen LogP contribution in [0.1, 0.15) is 60.3 Å². The van der Waals surface area contributed by atoms with Gasteiger partial charge >= 0.3 is 0 Å². The van der Waals surface area contributed by atoms with Crippen molar-refractivity contribution in [1.29, 1.82) is 0 Å². The number of para-hydroxylation sites is 3. The smallest absolute Gasteiger partial charge is 0.143 e. The largest absolute Gasteiger partial charge is 0.500 e. The molecular formula is C56H49IrN3O2Si-2. The molecule has 1 radical (unpaired) electrons. The van der Waals surface area contributed by atoms with Crippen LogP contribution in [0.25, 0.3) is 94.0 Å². The number of fused-ring (bicyclic) bond motifs is 10. The molecule has 7 heteroatoms. The summed E-state index contributed by atoms with van der Waals surface area (Å²) in [4.78, 5) is 9.47. The van der Waals surface area contributed by atoms with Crippen molar-refractivity contribution in [2.75, 3.05) is 0 Å². The van der Waals surface area contributed by atoms with E-state index in [1.165, 1.54) is 28.2 Å². The number of hydrogen-bond donors (Lipinski definition) is 0. The molecule has 315 valence electrons. The van der Waals surface area contributed by atoms with Gasteiger partial charge in [-0.15, -0.1) is 54.1 Å². The van der Waals surface area contributed by atoms with E-state index in [-0.39, 0.29) is 25.7 Å². The second kappa shape index (κ2) is 16.5. The Morgan fingerprint density at radius 3 is 1.90 bits per heavy atom. The number of pyridine rings is 1. The van der Waals surface area contributed by atoms with Gasteiger partial charge in [0, 0.05) is 63.0 Å². The van der Waals surface area contributed by atoms with Crippen LogP contribution in [0.3, 0.4) is 0 Å². The van der Waals surface area contributed by atoms with Gasteiger partial charge in [0.2, 0.25) is 0 Å². The molecule has 0 N–H and O–H groups in total. The third kappa shape index (κ3) is 7.42. The first kappa shape index (κ1) is 38.6. The topological polar surface area (TPSA) is 57.0 Å². The first-order valence-corrected chi connectivity index (χ1v) is 24.9. The zero-order chi connectivity index (χ0) is 45.4. The van der Waals surface area contributed by atoms with Crippen LogP contribution in [-0.4, -0.2) is 22.6 Å². The van der Waals surface area contributed by atoms with Gasteiger partial charge in [-0.05, 0) is 77.5 Å². The molecule has 0 aliphatic rings. The Balaban J connectivity index is 0.000000273. The number of hydrogen-bond acceptors (Lipinski definition) is 4. The normalized spacial score (nSPS) is 12.9. The third-order valence-corrected chi connectivity index (χ3v) is 14.0. The van der Waals surface area contributed by atoms with Crippen LogP contribution in [0.2, 0.25) is 19.6 Å². The summed E-state index contributed by atoms with van der Waals surface area (Å²) in [7, 11) is -1.58. The van der Waals surface area contributed by atoms with E-state index in [2.05, 4.69) is 148 Å². The average molecular weight is 1020 g/mol. The van der Waals surface area contributed by atoms with Crippen molar-refractivity contribution in [2.45, 2.75) is 66.0 Å². The predicted molar refractivity (Wildman–Crippen MR) is 262 cm³/mol. The van der Waals surface area contributed by atoms with Crippen molar-refractivity contribution in [3.05, 3.63) is 168 Å². The zero-order valence-electron chi connectivity index (χ0n) is 39.4. The predicted octanol–water partition coefficient (Wildman–Crippen LogP) is 15.1. The van der Waals surface area contributed by atoms with Crippen LogP contribution in [0.4, 0.5) is 0 Å². The Morgan fingerprint density at radius 2 is 1.27 bits per heavy atom. The molecule has 7 aromatic carbocycles. The van der Waals surface area contributed by atoms with Gasteiger partial charge in [-0.25, -0.2) is 0 Å². The van der Waals surface area contributed by atoms with E-state index in [9.17, 15) is 0 Å². The molecule has 0 atom stereocenters. The Labute approximate surface area is 387 Å². The van der Waals surface area contributed by atoms with E-state index >= 15 is 0 Å². The van der Waals surface area contributed by atoms with E-state index in [4.69, 9.17) is 17.9 Å². The van der Waals surface area contributed by atoms with Gasteiger partial charge in [-0.2, -0.15) is 0 Å². The van der Waals surface area contributed by atoms with Crippen molar-refractivity contribution in [3.63, 3.8) is 0 Å². The molecule has 0 amide bonds. The van der Waals surface area contributed by atoms with Crippen molar-refractivity contribution in [3.8, 4) is 28.3 Å². The van der Waals surface area contributed by atoms with Crippen LogP contribution in [0, 0.1) is 19.0 Å². The molecule has 0 aliphatic carbocycles. The first-order chi connectivity index (χ1) is 31.2. The van der Waals surface area contributed by atoms with E-state index in [0.29, 0.717) is 11.8 Å². The molecule has 0 fully saturated rings. The van der Waals surface area contributed by atoms with Crippen molar-refractivity contribution in [2.24, 2.45) is 0 Å². The first-order valence-electron chi connectivity index (χ1n) is 22.9. The van der Waals surface area contributed by atoms with Gasteiger partial charge in [-0.1, -0.05) is 124 Å². The second-order valence-electron chi connectivity index (χ2n) is 17.8. The summed E-state index contributed by atoms with van der Waals surface area (Å²) in [6, 6.07) is 51.9. The fourth-order valence-electron chi connectivity index (χ4n) is 8.73. The molecule has 63 heavy (non-hydrogen) atoms. The minimum atomic E-state index is -2.09. The molecule has 0 aliphatic heterocycles. The van der Waals surface area contributed by atoms with Crippen molar-refractivity contribution in [1.82, 2.24) is 14.5 Å². The number of aromatic nitrogens is 3. The number of furan rings is 2. The average Bonchev–Trinajstić information content (AvgIpc) is 4.00. The summed E-state index contributed by atoms with van der Waals surface area (Å²) < 4.78 is 37.5. The van der Waals surface area contributed by atoms with Gasteiger partial charge < -0.3 is 18.4 Å². The minimum absolute atomic E-state index is 0. The molecule has 11 rings (SSSR count). The molecule has 0 spiro atoms. The molecular weight excluding hydrogens is 967 g/mol. The summed E-state index contributed by atoms with van der Waals surface area (Å²) in [6.07, 6.45) is 1.39. The number of rotatable bonds is 6. The SMILES string of the molecule is CC(C)c1cc([Si](C)(C)C)cc(C(C)C)c1-n1c(-c2[c-]ccc3c2oc2c3ccc3c2ccc2c4ccccc4oc23)nc2ccccc21.[2H]C([2H])([2H])c1ccc(-c2[c-]cccc2)nc1.[Ir]. The molecule has 4 heterocycles. The van der Waals surface area contributed by atoms with Crippen molar-refractivity contribution >= 4 is 78.9 Å². The molecule has 0 saturated carbocycles. The number of aryl methyl sites for hydroxylation is 1. The van der Waals surface area contributed by atoms with Gasteiger partial charge in [0.15, 0.2) is 0 Å². The molecule has 11 aromatic rings. The minimum Gasteiger partial charge on any atom is -0.500 e. The number of imidazole rings is 1. The Morgan fingerprint density at radius 1 is 0.635 bits per heavy atom. The summed E-state index contributed by atoms with van der Waals surface area (Å²) in [6.45, 7) is 14.5. The van der Waals surface area contributed by atoms with E-state index in [0.717, 1.165) is 88.3 Å². The summed E-state index contributed by atoms with van der Waals surface area (Å²) >= 11 is 0. The van der Waals surface area contributed by atoms with Crippen LogP contribution in [0.5, 0.6) is 0 Å². The Hall–Kier alpha value is -6.11. The fourth-order valence-corrected chi connectivity index (χ4v) is 9.91. The van der Waals surface area contributed by atoms with Gasteiger partial charge in [0.1, 0.15) is 16.7 Å². The second-order valence-corrected chi connectivity index (χ2v) is 22.9. The standard InChI is InChI=1S/C44H39N2O2Si.C12H10N.Ir/c1-25(2)35-23-27(49(5,6)7)24-36(26(3)4)40(35)46-38-17-10-9-16-37(38)45-44(46)34-15-12-14-29-31-21-22-32-33(42(31)48-43(29)34)20-19-30-28-13-8-11-18-39(28)47-41(30)32;1-10-7-8-12(13-9-10)11-5-3-2-4-6-11;/h8-14,16-26H,1-7H3;2-5,7-9H,1H3;/q2*-1;/i;1D3;. The summed E-state index contributed by atoms with van der Waals surface area (Å²) in [5, 5.41) is 7.93. The van der Waals surface area contributed by atoms with Gasteiger partial charge in [-0.3, -0.25) is 4.98 Å². The van der Waals surface area contributed by atoms with Gasteiger partial charge in [0.05, 0.1) is 30.5 Å². The van der Waals surface area contributed by atoms with Crippen LogP contribution < -0.4 is 5.19 Å². The Kier molecular flexibility index (Phi) is 10.1. The molecule has 0 bridgehead atoms. The van der Waals surface area contributed by atoms with E-state index in [1.807, 2.05) is 36.4 Å². The van der Waals surface area contributed by atoms with E-state index in [1.54, 1.807) is 18.2 Å². The van der Waals surface area contributed by atoms with Gasteiger partial charge in [0.25, 0.3) is 0 Å². The molecule has 5 nitrogen and oxygen atoms in total. The quantitative estimate of drug-likeness (QED) is 0.123. The molecule has 0 unspecified atom stereocenters. The maximum absolute atomic E-state index is 7.23.